The Morgan fingerprint density at radius 1 is 1.54 bits per heavy atom. The molecule has 2 heterocycles. The van der Waals surface area contributed by atoms with E-state index in [4.69, 9.17) is 0 Å². The summed E-state index contributed by atoms with van der Waals surface area (Å²) >= 11 is 0. The second-order valence-electron chi connectivity index (χ2n) is 3.36. The Bertz CT molecular complexity index is 252. The van der Waals surface area contributed by atoms with E-state index in [-0.39, 0.29) is 6.17 Å². The summed E-state index contributed by atoms with van der Waals surface area (Å²) in [4.78, 5) is 3.50. The van der Waals surface area contributed by atoms with Gasteiger partial charge in [-0.05, 0) is 25.1 Å². The average molecular weight is 183 g/mol. The molecule has 1 saturated heterocycles. The van der Waals surface area contributed by atoms with Gasteiger partial charge in [0.2, 0.25) is 0 Å². The van der Waals surface area contributed by atoms with Crippen molar-refractivity contribution in [3.05, 3.63) is 6.33 Å². The zero-order chi connectivity index (χ0) is 9.26. The molecule has 1 aliphatic heterocycles. The van der Waals surface area contributed by atoms with Gasteiger partial charge in [0.1, 0.15) is 0 Å². The molecule has 2 rings (SSSR count). The molecule has 0 aromatic carbocycles. The first-order valence-electron chi connectivity index (χ1n) is 4.40. The van der Waals surface area contributed by atoms with E-state index in [0.29, 0.717) is 0 Å². The third kappa shape index (κ3) is 1.54. The van der Waals surface area contributed by atoms with Crippen molar-refractivity contribution in [2.45, 2.75) is 25.1 Å². The van der Waals surface area contributed by atoms with E-state index >= 15 is 0 Å². The molecule has 72 valence electrons. The molecule has 2 atom stereocenters. The molecule has 1 fully saturated rings. The number of aliphatic hydroxyl groups excluding tert-OH is 1. The molecule has 13 heavy (non-hydrogen) atoms. The molecule has 0 spiro atoms. The summed E-state index contributed by atoms with van der Waals surface area (Å²) in [6.07, 6.45) is 2.65. The van der Waals surface area contributed by atoms with Crippen molar-refractivity contribution in [3.8, 4) is 0 Å². The average Bonchev–Trinajstić information content (AvgIpc) is 2.57. The van der Waals surface area contributed by atoms with Gasteiger partial charge in [-0.3, -0.25) is 4.90 Å². The maximum atomic E-state index is 9.74. The Morgan fingerprint density at radius 3 is 3.00 bits per heavy atom. The highest BCUT2D eigenvalue weighted by Gasteiger charge is 2.30. The van der Waals surface area contributed by atoms with Crippen LogP contribution in [0.2, 0.25) is 0 Å². The molecule has 0 amide bonds. The zero-order valence-electron chi connectivity index (χ0n) is 7.54. The van der Waals surface area contributed by atoms with E-state index in [1.165, 1.54) is 11.1 Å². The molecule has 0 radical (unpaired) electrons. The maximum Gasteiger partial charge on any atom is 0.162 e. The number of likely N-dealkylation sites (tertiary alicyclic amines) is 1. The second-order valence-corrected chi connectivity index (χ2v) is 3.36. The predicted molar refractivity (Wildman–Crippen MR) is 44.7 cm³/mol. The largest absolute Gasteiger partial charge is 0.389 e. The highest BCUT2D eigenvalue weighted by Crippen LogP contribution is 2.22. The van der Waals surface area contributed by atoms with Gasteiger partial charge in [-0.15, -0.1) is 15.0 Å². The number of piperidine rings is 1. The Kier molecular flexibility index (Phi) is 2.24. The van der Waals surface area contributed by atoms with Gasteiger partial charge in [0.15, 0.2) is 12.5 Å². The number of rotatable bonds is 1. The predicted octanol–water partition coefficient (Wildman–Crippen LogP) is -0.742. The van der Waals surface area contributed by atoms with Crippen LogP contribution in [0.4, 0.5) is 0 Å². The normalized spacial score (nSPS) is 30.6. The lowest BCUT2D eigenvalue weighted by molar-refractivity contribution is -0.0282. The summed E-state index contributed by atoms with van der Waals surface area (Å²) in [7, 11) is 1.95. The molecule has 1 aromatic rings. The van der Waals surface area contributed by atoms with Gasteiger partial charge in [0.05, 0.1) is 6.10 Å². The number of aliphatic hydroxyl groups is 1. The SMILES string of the molecule is CN1CCCC(O)C1n1ncnn1. The van der Waals surface area contributed by atoms with Crippen molar-refractivity contribution in [2.75, 3.05) is 13.6 Å². The van der Waals surface area contributed by atoms with Gasteiger partial charge < -0.3 is 5.11 Å². The van der Waals surface area contributed by atoms with E-state index in [1.807, 2.05) is 11.9 Å². The van der Waals surface area contributed by atoms with Crippen LogP contribution in [-0.4, -0.2) is 49.9 Å². The Labute approximate surface area is 76.2 Å². The summed E-state index contributed by atoms with van der Waals surface area (Å²) in [6, 6.07) is 0. The Balaban J connectivity index is 2.19. The first-order chi connectivity index (χ1) is 6.29. The lowest BCUT2D eigenvalue weighted by Crippen LogP contribution is -2.43. The standard InChI is InChI=1S/C7H13N5O/c1-11-4-2-3-6(13)7(11)12-9-5-8-10-12/h5-7,13H,2-4H2,1H3. The molecule has 6 nitrogen and oxygen atoms in total. The van der Waals surface area contributed by atoms with Crippen molar-refractivity contribution in [3.63, 3.8) is 0 Å². The summed E-state index contributed by atoms with van der Waals surface area (Å²) in [5.41, 5.74) is 0. The van der Waals surface area contributed by atoms with Crippen LogP contribution in [0.1, 0.15) is 19.0 Å². The van der Waals surface area contributed by atoms with E-state index in [9.17, 15) is 5.11 Å². The zero-order valence-corrected chi connectivity index (χ0v) is 7.54. The molecular weight excluding hydrogens is 170 g/mol. The highest BCUT2D eigenvalue weighted by molar-refractivity contribution is 4.76. The van der Waals surface area contributed by atoms with Crippen LogP contribution in [-0.2, 0) is 0 Å². The third-order valence-electron chi connectivity index (χ3n) is 2.41. The van der Waals surface area contributed by atoms with E-state index < -0.39 is 6.10 Å². The van der Waals surface area contributed by atoms with Gasteiger partial charge in [-0.1, -0.05) is 0 Å². The summed E-state index contributed by atoms with van der Waals surface area (Å²) in [5.74, 6) is 0. The van der Waals surface area contributed by atoms with Crippen molar-refractivity contribution >= 4 is 0 Å². The molecule has 1 aliphatic rings. The van der Waals surface area contributed by atoms with Gasteiger partial charge in [-0.2, -0.15) is 0 Å². The fourth-order valence-corrected chi connectivity index (χ4v) is 1.75. The molecule has 0 bridgehead atoms. The van der Waals surface area contributed by atoms with E-state index in [2.05, 4.69) is 15.4 Å². The van der Waals surface area contributed by atoms with Gasteiger partial charge in [0, 0.05) is 6.54 Å². The third-order valence-corrected chi connectivity index (χ3v) is 2.41. The van der Waals surface area contributed by atoms with Crippen molar-refractivity contribution in [1.82, 2.24) is 25.1 Å². The number of hydrogen-bond donors (Lipinski definition) is 1. The van der Waals surface area contributed by atoms with Crippen LogP contribution in [0.25, 0.3) is 0 Å². The first-order valence-corrected chi connectivity index (χ1v) is 4.40. The fraction of sp³-hybridized carbons (Fsp3) is 0.857. The van der Waals surface area contributed by atoms with Crippen LogP contribution in [0.5, 0.6) is 0 Å². The summed E-state index contributed by atoms with van der Waals surface area (Å²) in [6.45, 7) is 0.962. The minimum atomic E-state index is -0.395. The van der Waals surface area contributed by atoms with Crippen LogP contribution < -0.4 is 0 Å². The lowest BCUT2D eigenvalue weighted by atomic mass is 10.1. The molecule has 0 saturated carbocycles. The minimum absolute atomic E-state index is 0.156. The lowest BCUT2D eigenvalue weighted by Gasteiger charge is -2.34. The van der Waals surface area contributed by atoms with Crippen LogP contribution in [0.15, 0.2) is 6.33 Å². The quantitative estimate of drug-likeness (QED) is 0.621. The summed E-state index contributed by atoms with van der Waals surface area (Å²) < 4.78 is 0. The number of hydrogen-bond acceptors (Lipinski definition) is 5. The monoisotopic (exact) mass is 183 g/mol. The Morgan fingerprint density at radius 2 is 2.38 bits per heavy atom. The maximum absolute atomic E-state index is 9.74. The van der Waals surface area contributed by atoms with Crippen LogP contribution >= 0.6 is 0 Å². The molecule has 1 aromatic heterocycles. The number of likely N-dealkylation sites (N-methyl/N-ethyl adjacent to an activating group) is 1. The topological polar surface area (TPSA) is 67.1 Å². The van der Waals surface area contributed by atoms with Gasteiger partial charge in [0.25, 0.3) is 0 Å². The molecule has 0 aliphatic carbocycles. The molecule has 6 heteroatoms. The molecule has 1 N–H and O–H groups in total. The molecule has 2 unspecified atom stereocenters. The smallest absolute Gasteiger partial charge is 0.162 e. The van der Waals surface area contributed by atoms with Gasteiger partial charge >= 0.3 is 0 Å². The number of aromatic nitrogens is 4. The van der Waals surface area contributed by atoms with E-state index in [0.717, 1.165) is 19.4 Å². The minimum Gasteiger partial charge on any atom is -0.389 e. The van der Waals surface area contributed by atoms with Crippen LogP contribution in [0.3, 0.4) is 0 Å². The Hall–Kier alpha value is -1.01. The highest BCUT2D eigenvalue weighted by atomic mass is 16.3. The first kappa shape index (κ1) is 8.58. The van der Waals surface area contributed by atoms with Crippen LogP contribution in [0, 0.1) is 0 Å². The van der Waals surface area contributed by atoms with Gasteiger partial charge in [-0.25, -0.2) is 0 Å². The van der Waals surface area contributed by atoms with Crippen molar-refractivity contribution in [1.29, 1.82) is 0 Å². The van der Waals surface area contributed by atoms with Crippen molar-refractivity contribution < 1.29 is 5.11 Å². The fourth-order valence-electron chi connectivity index (χ4n) is 1.75. The summed E-state index contributed by atoms with van der Waals surface area (Å²) in [5, 5.41) is 21.1. The number of tetrazole rings is 1. The molecular formula is C7H13N5O. The van der Waals surface area contributed by atoms with Crippen molar-refractivity contribution in [2.24, 2.45) is 0 Å². The number of nitrogens with zero attached hydrogens (tertiary/aromatic N) is 5. The van der Waals surface area contributed by atoms with E-state index in [1.54, 1.807) is 0 Å². The second kappa shape index (κ2) is 3.39.